The molecule has 2 aromatic rings. The first kappa shape index (κ1) is 9.54. The van der Waals surface area contributed by atoms with Gasteiger partial charge in [-0.25, -0.2) is 9.97 Å². The van der Waals surface area contributed by atoms with E-state index < -0.39 is 0 Å². The summed E-state index contributed by atoms with van der Waals surface area (Å²) in [4.78, 5) is 9.14. The second kappa shape index (κ2) is 3.72. The Morgan fingerprint density at radius 1 is 1.19 bits per heavy atom. The van der Waals surface area contributed by atoms with E-state index in [-0.39, 0.29) is 0 Å². The van der Waals surface area contributed by atoms with Crippen molar-refractivity contribution in [1.82, 2.24) is 15.3 Å². The van der Waals surface area contributed by atoms with Crippen LogP contribution in [0.4, 0.5) is 5.82 Å². The van der Waals surface area contributed by atoms with Gasteiger partial charge >= 0.3 is 0 Å². The van der Waals surface area contributed by atoms with Crippen molar-refractivity contribution in [3.63, 3.8) is 0 Å². The molecule has 1 fully saturated rings. The highest BCUT2D eigenvalue weighted by molar-refractivity contribution is 5.76. The summed E-state index contributed by atoms with van der Waals surface area (Å²) in [5, 5.41) is 6.63. The van der Waals surface area contributed by atoms with Crippen LogP contribution < -0.4 is 10.6 Å². The van der Waals surface area contributed by atoms with Crippen LogP contribution in [-0.2, 0) is 0 Å². The molecule has 2 heterocycles. The predicted molar refractivity (Wildman–Crippen MR) is 64.6 cm³/mol. The van der Waals surface area contributed by atoms with Gasteiger partial charge in [0.15, 0.2) is 0 Å². The highest BCUT2D eigenvalue weighted by Gasteiger charge is 2.17. The van der Waals surface area contributed by atoms with Crippen molar-refractivity contribution in [2.24, 2.45) is 0 Å². The van der Waals surface area contributed by atoms with Crippen LogP contribution in [0.25, 0.3) is 11.0 Å². The zero-order valence-electron chi connectivity index (χ0n) is 9.20. The lowest BCUT2D eigenvalue weighted by Crippen LogP contribution is -2.51. The van der Waals surface area contributed by atoms with Gasteiger partial charge < -0.3 is 10.6 Å². The molecule has 1 aliphatic rings. The Labute approximate surface area is 94.1 Å². The number of hydrogen-bond acceptors (Lipinski definition) is 4. The number of nitrogens with one attached hydrogen (secondary N) is 2. The highest BCUT2D eigenvalue weighted by atomic mass is 15.1. The largest absolute Gasteiger partial charge is 0.363 e. The van der Waals surface area contributed by atoms with Gasteiger partial charge in [-0.15, -0.1) is 0 Å². The number of nitrogens with zero attached hydrogens (tertiary/aromatic N) is 2. The normalized spacial score (nSPS) is 16.1. The molecule has 0 saturated carbocycles. The van der Waals surface area contributed by atoms with Crippen molar-refractivity contribution in [1.29, 1.82) is 0 Å². The summed E-state index contributed by atoms with van der Waals surface area (Å²) in [6, 6.07) is 8.45. The number of aromatic nitrogens is 2. The number of benzene rings is 1. The van der Waals surface area contributed by atoms with Crippen LogP contribution in [0.1, 0.15) is 5.69 Å². The highest BCUT2D eigenvalue weighted by Crippen LogP contribution is 2.17. The SMILES string of the molecule is Cc1nc2ccccc2nc1NC1CNC1. The van der Waals surface area contributed by atoms with E-state index >= 15 is 0 Å². The second-order valence-electron chi connectivity index (χ2n) is 4.15. The third-order valence-electron chi connectivity index (χ3n) is 2.87. The van der Waals surface area contributed by atoms with Crippen LogP contribution in [0, 0.1) is 6.92 Å². The van der Waals surface area contributed by atoms with Crippen LogP contribution in [0.3, 0.4) is 0 Å². The molecular formula is C12H14N4. The summed E-state index contributed by atoms with van der Waals surface area (Å²) in [6.45, 7) is 4.01. The first-order valence-electron chi connectivity index (χ1n) is 5.53. The van der Waals surface area contributed by atoms with Gasteiger partial charge in [0.05, 0.1) is 22.8 Å². The molecule has 1 aliphatic heterocycles. The van der Waals surface area contributed by atoms with Crippen molar-refractivity contribution in [3.05, 3.63) is 30.0 Å². The molecule has 1 aromatic carbocycles. The minimum atomic E-state index is 0.495. The van der Waals surface area contributed by atoms with E-state index in [9.17, 15) is 0 Å². The minimum Gasteiger partial charge on any atom is -0.363 e. The third kappa shape index (κ3) is 1.61. The van der Waals surface area contributed by atoms with Crippen LogP contribution in [0.2, 0.25) is 0 Å². The van der Waals surface area contributed by atoms with E-state index in [1.807, 2.05) is 31.2 Å². The van der Waals surface area contributed by atoms with Gasteiger partial charge in [0.1, 0.15) is 5.82 Å². The lowest BCUT2D eigenvalue weighted by Gasteiger charge is -2.28. The van der Waals surface area contributed by atoms with Gasteiger partial charge in [0, 0.05) is 13.1 Å². The smallest absolute Gasteiger partial charge is 0.148 e. The molecule has 0 spiro atoms. The Morgan fingerprint density at radius 3 is 2.50 bits per heavy atom. The average molecular weight is 214 g/mol. The fourth-order valence-corrected chi connectivity index (χ4v) is 1.81. The predicted octanol–water partition coefficient (Wildman–Crippen LogP) is 1.32. The molecule has 4 heteroatoms. The van der Waals surface area contributed by atoms with Crippen molar-refractivity contribution >= 4 is 16.9 Å². The van der Waals surface area contributed by atoms with E-state index in [1.54, 1.807) is 0 Å². The zero-order valence-corrected chi connectivity index (χ0v) is 9.20. The number of hydrogen-bond donors (Lipinski definition) is 2. The molecule has 1 saturated heterocycles. The average Bonchev–Trinajstić information content (AvgIpc) is 2.23. The lowest BCUT2D eigenvalue weighted by atomic mass is 10.2. The van der Waals surface area contributed by atoms with Gasteiger partial charge in [-0.2, -0.15) is 0 Å². The van der Waals surface area contributed by atoms with Crippen LogP contribution in [0.15, 0.2) is 24.3 Å². The van der Waals surface area contributed by atoms with Gasteiger partial charge in [0.2, 0.25) is 0 Å². The fourth-order valence-electron chi connectivity index (χ4n) is 1.81. The quantitative estimate of drug-likeness (QED) is 0.791. The number of anilines is 1. The lowest BCUT2D eigenvalue weighted by molar-refractivity contribution is 0.471. The number of aryl methyl sites for hydroxylation is 1. The first-order valence-corrected chi connectivity index (χ1v) is 5.53. The van der Waals surface area contributed by atoms with Gasteiger partial charge in [-0.3, -0.25) is 0 Å². The molecule has 2 N–H and O–H groups in total. The number of rotatable bonds is 2. The van der Waals surface area contributed by atoms with E-state index in [0.29, 0.717) is 6.04 Å². The summed E-state index contributed by atoms with van der Waals surface area (Å²) in [7, 11) is 0. The maximum absolute atomic E-state index is 4.60. The molecule has 0 radical (unpaired) electrons. The second-order valence-corrected chi connectivity index (χ2v) is 4.15. The third-order valence-corrected chi connectivity index (χ3v) is 2.87. The van der Waals surface area contributed by atoms with Crippen molar-refractivity contribution in [2.45, 2.75) is 13.0 Å². The van der Waals surface area contributed by atoms with E-state index in [0.717, 1.165) is 35.6 Å². The van der Waals surface area contributed by atoms with Crippen LogP contribution in [0.5, 0.6) is 0 Å². The maximum Gasteiger partial charge on any atom is 0.148 e. The van der Waals surface area contributed by atoms with Crippen molar-refractivity contribution in [3.8, 4) is 0 Å². The number of para-hydroxylation sites is 2. The molecule has 0 aliphatic carbocycles. The van der Waals surface area contributed by atoms with Gasteiger partial charge in [0.25, 0.3) is 0 Å². The molecule has 0 bridgehead atoms. The molecule has 0 atom stereocenters. The fraction of sp³-hybridized carbons (Fsp3) is 0.333. The summed E-state index contributed by atoms with van der Waals surface area (Å²) >= 11 is 0. The molecule has 82 valence electrons. The Morgan fingerprint density at radius 2 is 1.88 bits per heavy atom. The number of fused-ring (bicyclic) bond motifs is 1. The summed E-state index contributed by atoms with van der Waals surface area (Å²) < 4.78 is 0. The molecular weight excluding hydrogens is 200 g/mol. The van der Waals surface area contributed by atoms with Gasteiger partial charge in [-0.1, -0.05) is 12.1 Å². The molecule has 16 heavy (non-hydrogen) atoms. The summed E-state index contributed by atoms with van der Waals surface area (Å²) in [5.41, 5.74) is 2.87. The monoisotopic (exact) mass is 214 g/mol. The Balaban J connectivity index is 1.99. The Hall–Kier alpha value is -1.68. The standard InChI is InChI=1S/C12H14N4/c1-8-12(15-9-6-13-7-9)16-11-5-3-2-4-10(11)14-8/h2-5,9,13H,6-7H2,1H3,(H,15,16). The van der Waals surface area contributed by atoms with Crippen molar-refractivity contribution < 1.29 is 0 Å². The van der Waals surface area contributed by atoms with Crippen molar-refractivity contribution in [2.75, 3.05) is 18.4 Å². The zero-order chi connectivity index (χ0) is 11.0. The first-order chi connectivity index (χ1) is 7.83. The molecule has 1 aromatic heterocycles. The van der Waals surface area contributed by atoms with E-state index in [2.05, 4.69) is 20.6 Å². The molecule has 0 amide bonds. The maximum atomic E-state index is 4.60. The molecule has 4 nitrogen and oxygen atoms in total. The van der Waals surface area contributed by atoms with E-state index in [4.69, 9.17) is 0 Å². The topological polar surface area (TPSA) is 49.8 Å². The van der Waals surface area contributed by atoms with Crippen LogP contribution >= 0.6 is 0 Å². The Kier molecular flexibility index (Phi) is 2.22. The molecule has 0 unspecified atom stereocenters. The molecule has 3 rings (SSSR count). The minimum absolute atomic E-state index is 0.495. The van der Waals surface area contributed by atoms with Gasteiger partial charge in [-0.05, 0) is 19.1 Å². The summed E-state index contributed by atoms with van der Waals surface area (Å²) in [5.74, 6) is 0.908. The van der Waals surface area contributed by atoms with E-state index in [1.165, 1.54) is 0 Å². The Bertz CT molecular complexity index is 519. The summed E-state index contributed by atoms with van der Waals surface area (Å²) in [6.07, 6.45) is 0. The van der Waals surface area contributed by atoms with Crippen LogP contribution in [-0.4, -0.2) is 29.1 Å².